The van der Waals surface area contributed by atoms with E-state index in [1.165, 1.54) is 34.4 Å². The number of aromatic nitrogens is 1. The summed E-state index contributed by atoms with van der Waals surface area (Å²) >= 11 is 1.54. The first-order valence-electron chi connectivity index (χ1n) is 11.5. The number of benzene rings is 2. The summed E-state index contributed by atoms with van der Waals surface area (Å²) in [6.45, 7) is 8.30. The molecular weight excluding hydrogens is 466 g/mol. The predicted octanol–water partition coefficient (Wildman–Crippen LogP) is 5.00. The molecule has 2 aromatic carbocycles. The first kappa shape index (κ1) is 24.6. The van der Waals surface area contributed by atoms with E-state index in [4.69, 9.17) is 4.98 Å². The smallest absolute Gasteiger partial charge is 0.230 e. The zero-order valence-electron chi connectivity index (χ0n) is 20.0. The summed E-state index contributed by atoms with van der Waals surface area (Å²) in [4.78, 5) is 21.3. The van der Waals surface area contributed by atoms with Gasteiger partial charge in [0, 0.05) is 24.2 Å². The highest BCUT2D eigenvalue weighted by molar-refractivity contribution is 7.90. The molecule has 180 valence electrons. The molecule has 1 aliphatic rings. The van der Waals surface area contributed by atoms with Gasteiger partial charge in [0.15, 0.2) is 15.0 Å². The zero-order valence-corrected chi connectivity index (χ0v) is 21.7. The van der Waals surface area contributed by atoms with Crippen molar-refractivity contribution in [2.24, 2.45) is 5.92 Å². The molecule has 1 N–H and O–H groups in total. The van der Waals surface area contributed by atoms with Crippen LogP contribution in [0.5, 0.6) is 0 Å². The van der Waals surface area contributed by atoms with Crippen LogP contribution in [0.25, 0.3) is 0 Å². The summed E-state index contributed by atoms with van der Waals surface area (Å²) in [6.07, 6.45) is 2.38. The highest BCUT2D eigenvalue weighted by atomic mass is 32.2. The Labute approximate surface area is 206 Å². The van der Waals surface area contributed by atoms with E-state index in [0.717, 1.165) is 30.8 Å². The number of hydrogen-bond acceptors (Lipinski definition) is 6. The number of anilines is 1. The van der Waals surface area contributed by atoms with E-state index in [-0.39, 0.29) is 23.3 Å². The molecule has 0 saturated heterocycles. The third-order valence-electron chi connectivity index (χ3n) is 6.16. The van der Waals surface area contributed by atoms with Crippen LogP contribution in [0.1, 0.15) is 54.1 Å². The van der Waals surface area contributed by atoms with Crippen LogP contribution >= 0.6 is 11.3 Å². The van der Waals surface area contributed by atoms with Crippen LogP contribution in [0, 0.1) is 5.92 Å². The summed E-state index contributed by atoms with van der Waals surface area (Å²) in [5.41, 5.74) is 4.47. The molecule has 6 nitrogen and oxygen atoms in total. The van der Waals surface area contributed by atoms with Gasteiger partial charge in [0.25, 0.3) is 0 Å². The van der Waals surface area contributed by atoms with Crippen molar-refractivity contribution in [2.45, 2.75) is 57.6 Å². The molecule has 4 rings (SSSR count). The normalized spacial score (nSPS) is 16.1. The molecule has 0 spiro atoms. The van der Waals surface area contributed by atoms with Crippen molar-refractivity contribution in [3.63, 3.8) is 0 Å². The monoisotopic (exact) mass is 497 g/mol. The lowest BCUT2D eigenvalue weighted by molar-refractivity contribution is -0.115. The predicted molar refractivity (Wildman–Crippen MR) is 137 cm³/mol. The number of thiazole rings is 1. The minimum atomic E-state index is -3.25. The molecule has 0 aliphatic carbocycles. The van der Waals surface area contributed by atoms with Crippen LogP contribution in [-0.2, 0) is 40.6 Å². The topological polar surface area (TPSA) is 79.4 Å². The highest BCUT2D eigenvalue weighted by Gasteiger charge is 2.36. The molecule has 34 heavy (non-hydrogen) atoms. The Kier molecular flexibility index (Phi) is 7.21. The van der Waals surface area contributed by atoms with Gasteiger partial charge in [-0.2, -0.15) is 0 Å². The van der Waals surface area contributed by atoms with Gasteiger partial charge in [-0.15, -0.1) is 11.3 Å². The summed E-state index contributed by atoms with van der Waals surface area (Å²) in [5, 5.41) is 3.56. The van der Waals surface area contributed by atoms with Crippen LogP contribution in [0.3, 0.4) is 0 Å². The van der Waals surface area contributed by atoms with E-state index in [1.54, 1.807) is 23.5 Å². The Bertz CT molecular complexity index is 1260. The Balaban J connectivity index is 1.42. The second-order valence-electron chi connectivity index (χ2n) is 9.23. The van der Waals surface area contributed by atoms with Crippen LogP contribution in [0.2, 0.25) is 0 Å². The average Bonchev–Trinajstić information content (AvgIpc) is 3.30. The number of fused-ring (bicyclic) bond motifs is 1. The van der Waals surface area contributed by atoms with Crippen molar-refractivity contribution >= 4 is 32.2 Å². The number of carbonyl (C=O) groups is 1. The van der Waals surface area contributed by atoms with Gasteiger partial charge < -0.3 is 5.32 Å². The molecule has 3 aromatic rings. The number of sulfone groups is 1. The molecule has 1 atom stereocenters. The number of amides is 1. The van der Waals surface area contributed by atoms with Gasteiger partial charge in [-0.05, 0) is 41.2 Å². The van der Waals surface area contributed by atoms with Gasteiger partial charge in [0.05, 0.1) is 23.1 Å². The van der Waals surface area contributed by atoms with Crippen LogP contribution < -0.4 is 5.32 Å². The lowest BCUT2D eigenvalue weighted by Gasteiger charge is -2.27. The van der Waals surface area contributed by atoms with E-state index in [2.05, 4.69) is 55.3 Å². The number of nitrogens with one attached hydrogen (secondary N) is 1. The number of hydrogen-bond donors (Lipinski definition) is 1. The minimum absolute atomic E-state index is 0.159. The number of nitrogens with zero attached hydrogens (tertiary/aromatic N) is 2. The van der Waals surface area contributed by atoms with E-state index < -0.39 is 9.84 Å². The third-order valence-corrected chi connectivity index (χ3v) is 8.26. The standard InChI is InChI=1S/C26H31N3O3S2/c1-5-18-6-8-20(9-7-18)15-29-16-22-24(25(29)17(2)3)28-26(33-22)27-23(30)14-19-10-12-21(13-11-19)34(4,31)32/h6-13,17,25H,5,14-16H2,1-4H3,(H,27,28,30)/t25-/m1/s1. The van der Waals surface area contributed by atoms with Crippen molar-refractivity contribution < 1.29 is 13.2 Å². The Morgan fingerprint density at radius 1 is 1.09 bits per heavy atom. The molecule has 1 aliphatic heterocycles. The zero-order chi connectivity index (χ0) is 24.5. The largest absolute Gasteiger partial charge is 0.302 e. The van der Waals surface area contributed by atoms with E-state index in [9.17, 15) is 13.2 Å². The molecule has 8 heteroatoms. The molecule has 0 fully saturated rings. The number of carbonyl (C=O) groups excluding carboxylic acids is 1. The molecule has 2 heterocycles. The summed E-state index contributed by atoms with van der Waals surface area (Å²) in [5.74, 6) is 0.240. The molecule has 1 amide bonds. The maximum absolute atomic E-state index is 12.6. The van der Waals surface area contributed by atoms with Crippen LogP contribution in [0.4, 0.5) is 5.13 Å². The summed E-state index contributed by atoms with van der Waals surface area (Å²) in [7, 11) is -3.25. The number of aryl methyl sites for hydroxylation is 1. The minimum Gasteiger partial charge on any atom is -0.302 e. The van der Waals surface area contributed by atoms with Crippen molar-refractivity contribution in [3.05, 3.63) is 75.8 Å². The SMILES string of the molecule is CCc1ccc(CN2Cc3sc(NC(=O)Cc4ccc(S(C)(=O)=O)cc4)nc3[C@H]2C(C)C)cc1. The molecular formula is C26H31N3O3S2. The fourth-order valence-electron chi connectivity index (χ4n) is 4.43. The van der Waals surface area contributed by atoms with Gasteiger partial charge in [-0.3, -0.25) is 9.69 Å². The van der Waals surface area contributed by atoms with Crippen molar-refractivity contribution in [1.82, 2.24) is 9.88 Å². The molecule has 0 unspecified atom stereocenters. The molecule has 0 radical (unpaired) electrons. The number of rotatable bonds is 8. The quantitative estimate of drug-likeness (QED) is 0.474. The molecule has 0 saturated carbocycles. The fourth-order valence-corrected chi connectivity index (χ4v) is 6.10. The molecule has 1 aromatic heterocycles. The Hall–Kier alpha value is -2.55. The molecule has 0 bridgehead atoms. The fraction of sp³-hybridized carbons (Fsp3) is 0.385. The van der Waals surface area contributed by atoms with Crippen molar-refractivity contribution in [3.8, 4) is 0 Å². The van der Waals surface area contributed by atoms with Gasteiger partial charge in [-0.25, -0.2) is 13.4 Å². The van der Waals surface area contributed by atoms with Crippen molar-refractivity contribution in [1.29, 1.82) is 0 Å². The van der Waals surface area contributed by atoms with E-state index >= 15 is 0 Å². The Morgan fingerprint density at radius 2 is 1.71 bits per heavy atom. The highest BCUT2D eigenvalue weighted by Crippen LogP contribution is 2.43. The van der Waals surface area contributed by atoms with E-state index in [0.29, 0.717) is 11.0 Å². The lowest BCUT2D eigenvalue weighted by Crippen LogP contribution is -2.26. The van der Waals surface area contributed by atoms with Gasteiger partial charge >= 0.3 is 0 Å². The average molecular weight is 498 g/mol. The lowest BCUT2D eigenvalue weighted by atomic mass is 10.0. The first-order chi connectivity index (χ1) is 16.1. The maximum atomic E-state index is 12.6. The van der Waals surface area contributed by atoms with Crippen LogP contribution in [-0.4, -0.2) is 30.5 Å². The second-order valence-corrected chi connectivity index (χ2v) is 12.3. The second kappa shape index (κ2) is 9.98. The first-order valence-corrected chi connectivity index (χ1v) is 14.2. The summed E-state index contributed by atoms with van der Waals surface area (Å²) in [6, 6.07) is 15.5. The van der Waals surface area contributed by atoms with Crippen LogP contribution in [0.15, 0.2) is 53.4 Å². The summed E-state index contributed by atoms with van der Waals surface area (Å²) < 4.78 is 23.2. The third kappa shape index (κ3) is 5.56. The van der Waals surface area contributed by atoms with Gasteiger partial charge in [0.2, 0.25) is 5.91 Å². The van der Waals surface area contributed by atoms with Crippen molar-refractivity contribution in [2.75, 3.05) is 11.6 Å². The Morgan fingerprint density at radius 3 is 2.29 bits per heavy atom. The van der Waals surface area contributed by atoms with Gasteiger partial charge in [-0.1, -0.05) is 57.2 Å². The maximum Gasteiger partial charge on any atom is 0.230 e. The van der Waals surface area contributed by atoms with E-state index in [1.807, 2.05) is 0 Å². The van der Waals surface area contributed by atoms with Gasteiger partial charge in [0.1, 0.15) is 0 Å².